The van der Waals surface area contributed by atoms with Crippen molar-refractivity contribution in [3.05, 3.63) is 99.1 Å². The fourth-order valence-electron chi connectivity index (χ4n) is 3.06. The highest BCUT2D eigenvalue weighted by Gasteiger charge is 2.20. The molecule has 160 valence electrons. The highest BCUT2D eigenvalue weighted by atomic mass is 35.5. The molecule has 0 atom stereocenters. The monoisotopic (exact) mass is 449 g/mol. The second kappa shape index (κ2) is 9.27. The van der Waals surface area contributed by atoms with Crippen LogP contribution >= 0.6 is 11.6 Å². The van der Waals surface area contributed by atoms with Crippen LogP contribution in [-0.2, 0) is 4.84 Å². The minimum Gasteiger partial charge on any atom is -0.323 e. The van der Waals surface area contributed by atoms with Crippen molar-refractivity contribution in [1.82, 2.24) is 5.48 Å². The van der Waals surface area contributed by atoms with Crippen LogP contribution < -0.4 is 10.8 Å². The molecule has 2 N–H and O–H groups in total. The molecule has 3 aromatic rings. The second-order valence-electron chi connectivity index (χ2n) is 6.67. The number of nitrogens with zero attached hydrogens (tertiary/aromatic N) is 3. The molecular formula is C22H16ClN5O4. The Morgan fingerprint density at radius 2 is 1.88 bits per heavy atom. The first-order valence-corrected chi connectivity index (χ1v) is 9.83. The van der Waals surface area contributed by atoms with Gasteiger partial charge in [-0.1, -0.05) is 48.0 Å². The number of anilines is 1. The lowest BCUT2D eigenvalue weighted by atomic mass is 10.00. The van der Waals surface area contributed by atoms with Crippen LogP contribution in [0.1, 0.15) is 11.1 Å². The first-order valence-electron chi connectivity index (χ1n) is 9.45. The summed E-state index contributed by atoms with van der Waals surface area (Å²) in [4.78, 5) is 37.0. The molecule has 0 aromatic heterocycles. The number of aliphatic imine (C=N–C) groups is 2. The number of nitrogens with one attached hydrogen (secondary N) is 2. The largest absolute Gasteiger partial charge is 0.435 e. The number of non-ortho nitro benzene ring substituents is 1. The molecular weight excluding hydrogens is 434 g/mol. The third-order valence-corrected chi connectivity index (χ3v) is 4.70. The van der Waals surface area contributed by atoms with Crippen molar-refractivity contribution in [3.8, 4) is 0 Å². The lowest BCUT2D eigenvalue weighted by molar-refractivity contribution is -0.384. The number of rotatable bonds is 3. The van der Waals surface area contributed by atoms with Crippen LogP contribution in [0.15, 0.2) is 82.8 Å². The third kappa shape index (κ3) is 4.90. The number of carbonyl (C=O) groups excluding carboxylic acids is 1. The third-order valence-electron chi connectivity index (χ3n) is 4.47. The summed E-state index contributed by atoms with van der Waals surface area (Å²) in [7, 11) is 0. The van der Waals surface area contributed by atoms with E-state index in [1.54, 1.807) is 24.3 Å². The van der Waals surface area contributed by atoms with Crippen LogP contribution in [-0.4, -0.2) is 29.1 Å². The van der Waals surface area contributed by atoms with Gasteiger partial charge in [0, 0.05) is 34.0 Å². The van der Waals surface area contributed by atoms with Gasteiger partial charge >= 0.3 is 6.09 Å². The number of benzene rings is 3. The van der Waals surface area contributed by atoms with Gasteiger partial charge in [-0.2, -0.15) is 0 Å². The Bertz CT molecular complexity index is 1240. The predicted octanol–water partition coefficient (Wildman–Crippen LogP) is 4.88. The molecule has 1 heterocycles. The maximum Gasteiger partial charge on any atom is 0.435 e. The maximum atomic E-state index is 12.1. The van der Waals surface area contributed by atoms with Gasteiger partial charge in [-0.15, -0.1) is 0 Å². The molecule has 0 fully saturated rings. The van der Waals surface area contributed by atoms with Crippen molar-refractivity contribution < 1.29 is 14.6 Å². The summed E-state index contributed by atoms with van der Waals surface area (Å²) in [6, 6.07) is 20.2. The van der Waals surface area contributed by atoms with Gasteiger partial charge in [0.05, 0.1) is 16.3 Å². The number of amidine groups is 1. The standard InChI is InChI=1S/C22H16ClN5O4/c23-15-7-4-8-16(11-15)25-22(29)32-27-20-13-24-21(14-5-2-1-3-6-14)18-12-17(28(30)31)9-10-19(18)26-20/h1-12H,13H2,(H,25,29)(H,26,27). The van der Waals surface area contributed by atoms with Crippen LogP contribution in [0.2, 0.25) is 5.02 Å². The predicted molar refractivity (Wildman–Crippen MR) is 122 cm³/mol. The van der Waals surface area contributed by atoms with Gasteiger partial charge < -0.3 is 4.84 Å². The van der Waals surface area contributed by atoms with E-state index < -0.39 is 11.0 Å². The molecule has 0 saturated heterocycles. The van der Waals surface area contributed by atoms with Gasteiger partial charge in [0.1, 0.15) is 6.54 Å². The number of nitro groups is 1. The van der Waals surface area contributed by atoms with Gasteiger partial charge in [0.25, 0.3) is 5.69 Å². The molecule has 0 saturated carbocycles. The van der Waals surface area contributed by atoms with E-state index in [4.69, 9.17) is 16.4 Å². The van der Waals surface area contributed by atoms with Crippen molar-refractivity contribution in [1.29, 1.82) is 0 Å². The molecule has 1 amide bonds. The Hall–Kier alpha value is -4.24. The molecule has 32 heavy (non-hydrogen) atoms. The van der Waals surface area contributed by atoms with Gasteiger partial charge in [-0.05, 0) is 24.3 Å². The smallest absolute Gasteiger partial charge is 0.323 e. The number of fused-ring (bicyclic) bond motifs is 1. The van der Waals surface area contributed by atoms with Crippen molar-refractivity contribution in [3.63, 3.8) is 0 Å². The van der Waals surface area contributed by atoms with Crippen LogP contribution in [0, 0.1) is 10.1 Å². The molecule has 1 aliphatic heterocycles. The van der Waals surface area contributed by atoms with Gasteiger partial charge in [-0.3, -0.25) is 20.4 Å². The zero-order chi connectivity index (χ0) is 22.5. The summed E-state index contributed by atoms with van der Waals surface area (Å²) in [6.45, 7) is 0.0666. The van der Waals surface area contributed by atoms with Crippen molar-refractivity contribution in [2.24, 2.45) is 9.98 Å². The Morgan fingerprint density at radius 1 is 1.06 bits per heavy atom. The van der Waals surface area contributed by atoms with Crippen LogP contribution in [0.4, 0.5) is 21.9 Å². The molecule has 0 unspecified atom stereocenters. The Labute approximate surface area is 187 Å². The normalized spacial score (nSPS) is 12.5. The summed E-state index contributed by atoms with van der Waals surface area (Å²) >= 11 is 5.90. The highest BCUT2D eigenvalue weighted by Crippen LogP contribution is 2.29. The average Bonchev–Trinajstić information content (AvgIpc) is 2.97. The van der Waals surface area contributed by atoms with Crippen LogP contribution in [0.25, 0.3) is 0 Å². The second-order valence-corrected chi connectivity index (χ2v) is 7.11. The lowest BCUT2D eigenvalue weighted by Crippen LogP contribution is -2.31. The molecule has 0 spiro atoms. The number of carbonyl (C=O) groups is 1. The van der Waals surface area contributed by atoms with Crippen molar-refractivity contribution in [2.45, 2.75) is 0 Å². The Kier molecular flexibility index (Phi) is 6.09. The summed E-state index contributed by atoms with van der Waals surface area (Å²) in [5.74, 6) is 0.257. The van der Waals surface area contributed by atoms with Crippen molar-refractivity contribution in [2.75, 3.05) is 11.9 Å². The molecule has 3 aromatic carbocycles. The molecule has 9 nitrogen and oxygen atoms in total. The van der Waals surface area contributed by atoms with Gasteiger partial charge in [-0.25, -0.2) is 15.3 Å². The first kappa shape index (κ1) is 21.0. The van der Waals surface area contributed by atoms with E-state index in [-0.39, 0.29) is 18.1 Å². The van der Waals surface area contributed by atoms with E-state index in [0.29, 0.717) is 27.7 Å². The molecule has 1 aliphatic rings. The van der Waals surface area contributed by atoms with Crippen LogP contribution in [0.5, 0.6) is 0 Å². The van der Waals surface area contributed by atoms with Crippen molar-refractivity contribution >= 4 is 46.3 Å². The van der Waals surface area contributed by atoms with E-state index in [1.165, 1.54) is 18.2 Å². The minimum atomic E-state index is -0.768. The van der Waals surface area contributed by atoms with E-state index >= 15 is 0 Å². The lowest BCUT2D eigenvalue weighted by Gasteiger charge is -2.09. The maximum absolute atomic E-state index is 12.1. The first-order chi connectivity index (χ1) is 15.5. The zero-order valence-electron chi connectivity index (χ0n) is 16.5. The number of hydrogen-bond donors (Lipinski definition) is 2. The number of amides is 1. The summed E-state index contributed by atoms with van der Waals surface area (Å²) < 4.78 is 0. The SMILES string of the molecule is O=C(Nc1cccc(Cl)c1)ONC1=Nc2ccc([N+](=O)[O-])cc2C(c2ccccc2)=NC1. The summed E-state index contributed by atoms with van der Waals surface area (Å²) in [6.07, 6.45) is -0.768. The Morgan fingerprint density at radius 3 is 2.62 bits per heavy atom. The van der Waals surface area contributed by atoms with E-state index in [1.807, 2.05) is 30.3 Å². The molecule has 4 rings (SSSR count). The highest BCUT2D eigenvalue weighted by molar-refractivity contribution is 6.30. The molecule has 0 aliphatic carbocycles. The Balaban J connectivity index is 1.57. The molecule has 0 bridgehead atoms. The summed E-state index contributed by atoms with van der Waals surface area (Å²) in [5.41, 5.74) is 5.20. The quantitative estimate of drug-likeness (QED) is 0.436. The van der Waals surface area contributed by atoms with Crippen LogP contribution in [0.3, 0.4) is 0 Å². The number of halogens is 1. The van der Waals surface area contributed by atoms with Gasteiger partial charge in [0.2, 0.25) is 0 Å². The number of nitro benzene ring substituents is 1. The molecule has 10 heteroatoms. The molecule has 0 radical (unpaired) electrons. The minimum absolute atomic E-state index is 0.0666. The summed E-state index contributed by atoms with van der Waals surface area (Å²) in [5, 5.41) is 14.3. The fourth-order valence-corrected chi connectivity index (χ4v) is 3.25. The fraction of sp³-hybridized carbons (Fsp3) is 0.0455. The van der Waals surface area contributed by atoms with Gasteiger partial charge in [0.15, 0.2) is 5.84 Å². The van der Waals surface area contributed by atoms with E-state index in [0.717, 1.165) is 5.56 Å². The average molecular weight is 450 g/mol. The van der Waals surface area contributed by atoms with E-state index in [9.17, 15) is 14.9 Å². The van der Waals surface area contributed by atoms with E-state index in [2.05, 4.69) is 20.8 Å². The topological polar surface area (TPSA) is 118 Å². The zero-order valence-corrected chi connectivity index (χ0v) is 17.2. The number of hydrogen-bond acceptors (Lipinski definition) is 7. The number of hydroxylamine groups is 1.